The average Bonchev–Trinajstić information content (AvgIpc) is 2.86. The number of aryl methyl sites for hydroxylation is 1. The van der Waals surface area contributed by atoms with Crippen molar-refractivity contribution < 1.29 is 17.6 Å². The lowest BCUT2D eigenvalue weighted by Gasteiger charge is -2.05. The van der Waals surface area contributed by atoms with Crippen molar-refractivity contribution in [2.24, 2.45) is 0 Å². The Kier molecular flexibility index (Phi) is 7.87. The Labute approximate surface area is 203 Å². The van der Waals surface area contributed by atoms with Crippen molar-refractivity contribution >= 4 is 10.8 Å². The van der Waals surface area contributed by atoms with Crippen molar-refractivity contribution in [3.05, 3.63) is 107 Å². The molecule has 0 aliphatic heterocycles. The first-order chi connectivity index (χ1) is 17.0. The van der Waals surface area contributed by atoms with E-state index in [1.54, 1.807) is 0 Å². The third-order valence-electron chi connectivity index (χ3n) is 6.12. The van der Waals surface area contributed by atoms with Gasteiger partial charge in [0.05, 0.1) is 5.39 Å². The van der Waals surface area contributed by atoms with Crippen LogP contribution in [0.5, 0.6) is 0 Å². The third kappa shape index (κ3) is 5.92. The fraction of sp³-hybridized carbons (Fsp3) is 0.226. The average molecular weight is 475 g/mol. The molecule has 0 radical (unpaired) electrons. The molecule has 0 amide bonds. The summed E-state index contributed by atoms with van der Waals surface area (Å²) in [5.41, 5.74) is 4.49. The molecule has 0 saturated heterocycles. The number of hydrogen-bond acceptors (Lipinski definition) is 0. The zero-order chi connectivity index (χ0) is 24.8. The second kappa shape index (κ2) is 11.2. The Hall–Kier alpha value is -3.58. The molecule has 4 aromatic rings. The lowest BCUT2D eigenvalue weighted by atomic mass is 10.00. The van der Waals surface area contributed by atoms with Crippen LogP contribution < -0.4 is 0 Å². The third-order valence-corrected chi connectivity index (χ3v) is 6.12. The summed E-state index contributed by atoms with van der Waals surface area (Å²) in [7, 11) is 0. The fourth-order valence-corrected chi connectivity index (χ4v) is 4.15. The Morgan fingerprint density at radius 2 is 1.23 bits per heavy atom. The predicted molar refractivity (Wildman–Crippen MR) is 134 cm³/mol. The van der Waals surface area contributed by atoms with Crippen LogP contribution in [0.15, 0.2) is 66.7 Å². The minimum absolute atomic E-state index is 0.0783. The molecule has 0 N–H and O–H groups in total. The van der Waals surface area contributed by atoms with E-state index in [9.17, 15) is 17.6 Å². The van der Waals surface area contributed by atoms with Gasteiger partial charge < -0.3 is 0 Å². The molecule has 0 spiro atoms. The van der Waals surface area contributed by atoms with Crippen molar-refractivity contribution in [3.8, 4) is 23.0 Å². The smallest absolute Gasteiger partial charge is 0.195 e. The van der Waals surface area contributed by atoms with Gasteiger partial charge in [0, 0.05) is 11.1 Å². The number of halogens is 4. The number of benzene rings is 4. The van der Waals surface area contributed by atoms with Crippen LogP contribution in [0.3, 0.4) is 0 Å². The van der Waals surface area contributed by atoms with Crippen molar-refractivity contribution in [3.63, 3.8) is 0 Å². The van der Waals surface area contributed by atoms with E-state index in [2.05, 4.69) is 43.0 Å². The summed E-state index contributed by atoms with van der Waals surface area (Å²) in [6, 6.07) is 19.4. The van der Waals surface area contributed by atoms with E-state index in [-0.39, 0.29) is 10.9 Å². The maximum atomic E-state index is 14.3. The molecule has 4 aromatic carbocycles. The minimum Gasteiger partial charge on any atom is -0.206 e. The lowest BCUT2D eigenvalue weighted by Crippen LogP contribution is -1.95. The highest BCUT2D eigenvalue weighted by Crippen LogP contribution is 2.27. The largest absolute Gasteiger partial charge is 0.206 e. The Morgan fingerprint density at radius 3 is 1.91 bits per heavy atom. The Balaban J connectivity index is 1.45. The highest BCUT2D eigenvalue weighted by atomic mass is 19.2. The van der Waals surface area contributed by atoms with E-state index < -0.39 is 28.7 Å². The molecule has 0 atom stereocenters. The molecular weight excluding hydrogens is 448 g/mol. The van der Waals surface area contributed by atoms with E-state index in [1.807, 2.05) is 24.3 Å². The van der Waals surface area contributed by atoms with Crippen LogP contribution in [-0.4, -0.2) is 0 Å². The molecule has 0 unspecified atom stereocenters. The summed E-state index contributed by atoms with van der Waals surface area (Å²) in [5, 5.41) is -0.660. The SMILES string of the molecule is CCCCCCCc1ccc(-c2ccc(C#Cc3cc(F)c4c(F)c(F)c(F)cc4c3)cc2)cc1. The summed E-state index contributed by atoms with van der Waals surface area (Å²) in [6.07, 6.45) is 7.45. The molecule has 4 rings (SSSR count). The van der Waals surface area contributed by atoms with Crippen LogP contribution in [0.1, 0.15) is 55.7 Å². The Bertz CT molecular complexity index is 1370. The molecule has 0 heterocycles. The second-order valence-electron chi connectivity index (χ2n) is 8.73. The van der Waals surface area contributed by atoms with Crippen LogP contribution in [0.2, 0.25) is 0 Å². The molecule has 0 nitrogen and oxygen atoms in total. The van der Waals surface area contributed by atoms with Gasteiger partial charge >= 0.3 is 0 Å². The van der Waals surface area contributed by atoms with Gasteiger partial charge in [-0.1, -0.05) is 80.8 Å². The van der Waals surface area contributed by atoms with Gasteiger partial charge in [0.2, 0.25) is 0 Å². The van der Waals surface area contributed by atoms with Gasteiger partial charge in [-0.3, -0.25) is 0 Å². The van der Waals surface area contributed by atoms with Crippen LogP contribution in [0.25, 0.3) is 21.9 Å². The highest BCUT2D eigenvalue weighted by molar-refractivity contribution is 5.85. The number of fused-ring (bicyclic) bond motifs is 1. The maximum absolute atomic E-state index is 14.3. The van der Waals surface area contributed by atoms with Crippen LogP contribution >= 0.6 is 0 Å². The van der Waals surface area contributed by atoms with Gasteiger partial charge in [0.1, 0.15) is 5.82 Å². The lowest BCUT2D eigenvalue weighted by molar-refractivity contribution is 0.451. The molecular formula is C31H26F4. The van der Waals surface area contributed by atoms with Gasteiger partial charge in [0.25, 0.3) is 0 Å². The van der Waals surface area contributed by atoms with Gasteiger partial charge in [-0.05, 0) is 65.3 Å². The monoisotopic (exact) mass is 474 g/mol. The van der Waals surface area contributed by atoms with Gasteiger partial charge in [0.15, 0.2) is 17.5 Å². The van der Waals surface area contributed by atoms with Crippen molar-refractivity contribution in [2.45, 2.75) is 45.4 Å². The maximum Gasteiger partial charge on any atom is 0.195 e. The first-order valence-corrected chi connectivity index (χ1v) is 11.9. The summed E-state index contributed by atoms with van der Waals surface area (Å²) in [4.78, 5) is 0. The summed E-state index contributed by atoms with van der Waals surface area (Å²) < 4.78 is 55.2. The standard InChI is InChI=1S/C31H26F4/c1-2-3-4-5-6-7-21-10-14-24(15-11-21)25-16-12-22(13-17-25)8-9-23-18-26-20-28(33)30(34)31(35)29(26)27(32)19-23/h10-20H,2-7H2,1H3. The molecule has 0 bridgehead atoms. The van der Waals surface area contributed by atoms with Gasteiger partial charge in [-0.25, -0.2) is 17.6 Å². The molecule has 0 saturated carbocycles. The molecule has 35 heavy (non-hydrogen) atoms. The Morgan fingerprint density at radius 1 is 0.600 bits per heavy atom. The molecule has 178 valence electrons. The first-order valence-electron chi connectivity index (χ1n) is 11.9. The van der Waals surface area contributed by atoms with Gasteiger partial charge in [-0.15, -0.1) is 0 Å². The number of rotatable bonds is 7. The van der Waals surface area contributed by atoms with Crippen LogP contribution in [0.4, 0.5) is 17.6 Å². The van der Waals surface area contributed by atoms with Crippen LogP contribution in [-0.2, 0) is 6.42 Å². The summed E-state index contributed by atoms with van der Waals surface area (Å²) in [5.74, 6) is 0.187. The zero-order valence-electron chi connectivity index (χ0n) is 19.6. The van der Waals surface area contributed by atoms with E-state index in [0.29, 0.717) is 0 Å². The van der Waals surface area contributed by atoms with Crippen molar-refractivity contribution in [1.82, 2.24) is 0 Å². The van der Waals surface area contributed by atoms with Gasteiger partial charge in [-0.2, -0.15) is 0 Å². The molecule has 0 aromatic heterocycles. The van der Waals surface area contributed by atoms with Crippen LogP contribution in [0, 0.1) is 35.1 Å². The fourth-order valence-electron chi connectivity index (χ4n) is 4.15. The van der Waals surface area contributed by atoms with Crippen molar-refractivity contribution in [1.29, 1.82) is 0 Å². The van der Waals surface area contributed by atoms with Crippen molar-refractivity contribution in [2.75, 3.05) is 0 Å². The normalized spacial score (nSPS) is 10.9. The topological polar surface area (TPSA) is 0 Å². The second-order valence-corrected chi connectivity index (χ2v) is 8.73. The zero-order valence-corrected chi connectivity index (χ0v) is 19.6. The minimum atomic E-state index is -1.69. The van der Waals surface area contributed by atoms with E-state index in [4.69, 9.17) is 0 Å². The quantitative estimate of drug-likeness (QED) is 0.109. The number of unbranched alkanes of at least 4 members (excludes halogenated alkanes) is 4. The predicted octanol–water partition coefficient (Wildman–Crippen LogP) is 8.98. The number of hydrogen-bond donors (Lipinski definition) is 0. The van der Waals surface area contributed by atoms with E-state index >= 15 is 0 Å². The van der Waals surface area contributed by atoms with E-state index in [0.717, 1.165) is 35.2 Å². The molecule has 0 fully saturated rings. The summed E-state index contributed by atoms with van der Waals surface area (Å²) >= 11 is 0. The molecule has 4 heteroatoms. The highest BCUT2D eigenvalue weighted by Gasteiger charge is 2.17. The molecule has 0 aliphatic rings. The summed E-state index contributed by atoms with van der Waals surface area (Å²) in [6.45, 7) is 2.22. The molecule has 0 aliphatic carbocycles. The first kappa shape index (κ1) is 24.5. The van der Waals surface area contributed by atoms with E-state index in [1.165, 1.54) is 43.7 Å².